The van der Waals surface area contributed by atoms with E-state index in [0.717, 1.165) is 27.7 Å². The molecule has 3 aromatic heterocycles. The number of thiophene rings is 1. The molecule has 0 bridgehead atoms. The van der Waals surface area contributed by atoms with Crippen LogP contribution in [0.1, 0.15) is 25.0 Å². The molecule has 1 aliphatic carbocycles. The minimum atomic E-state index is -0.0720. The van der Waals surface area contributed by atoms with Crippen molar-refractivity contribution in [2.75, 3.05) is 0 Å². The lowest BCUT2D eigenvalue weighted by Crippen LogP contribution is -2.14. The molecule has 9 aromatic rings. The molecule has 212 valence electrons. The van der Waals surface area contributed by atoms with Gasteiger partial charge in [-0.25, -0.2) is 9.97 Å². The molecule has 0 saturated carbocycles. The molecular formula is C41H27N3S. The largest absolute Gasteiger partial charge is 0.276 e. The quantitative estimate of drug-likeness (QED) is 0.200. The van der Waals surface area contributed by atoms with E-state index in [1.54, 1.807) is 0 Å². The van der Waals surface area contributed by atoms with Gasteiger partial charge in [0.2, 0.25) is 5.95 Å². The van der Waals surface area contributed by atoms with Crippen LogP contribution in [0.25, 0.3) is 81.2 Å². The molecule has 1 aliphatic rings. The summed E-state index contributed by atoms with van der Waals surface area (Å²) in [6, 6.07) is 45.8. The predicted octanol–water partition coefficient (Wildman–Crippen LogP) is 11.1. The van der Waals surface area contributed by atoms with Crippen molar-refractivity contribution >= 4 is 64.9 Å². The minimum absolute atomic E-state index is 0.0720. The van der Waals surface area contributed by atoms with E-state index in [1.165, 1.54) is 58.7 Å². The third-order valence-corrected chi connectivity index (χ3v) is 11.0. The SMILES string of the molecule is CC1(C)c2ccccc2-c2sc3c(ccc4c5ccccc5n(-c5nc(-c6ccc7ccccc7c6)c6ccccc6n5)c43)c21. The van der Waals surface area contributed by atoms with Crippen molar-refractivity contribution in [3.63, 3.8) is 0 Å². The molecule has 45 heavy (non-hydrogen) atoms. The van der Waals surface area contributed by atoms with Gasteiger partial charge >= 0.3 is 0 Å². The molecule has 4 heteroatoms. The summed E-state index contributed by atoms with van der Waals surface area (Å²) in [5, 5.41) is 7.24. The van der Waals surface area contributed by atoms with Crippen LogP contribution < -0.4 is 0 Å². The van der Waals surface area contributed by atoms with Gasteiger partial charge in [-0.2, -0.15) is 0 Å². The van der Waals surface area contributed by atoms with E-state index in [4.69, 9.17) is 9.97 Å². The number of aromatic nitrogens is 3. The second-order valence-electron chi connectivity index (χ2n) is 12.6. The minimum Gasteiger partial charge on any atom is -0.276 e. The van der Waals surface area contributed by atoms with Crippen LogP contribution in [0, 0.1) is 0 Å². The van der Waals surface area contributed by atoms with E-state index in [-0.39, 0.29) is 5.41 Å². The smallest absolute Gasteiger partial charge is 0.235 e. The predicted molar refractivity (Wildman–Crippen MR) is 190 cm³/mol. The van der Waals surface area contributed by atoms with Crippen molar-refractivity contribution in [2.45, 2.75) is 19.3 Å². The molecule has 6 aromatic carbocycles. The number of rotatable bonds is 2. The molecule has 3 heterocycles. The number of hydrogen-bond acceptors (Lipinski definition) is 3. The van der Waals surface area contributed by atoms with Gasteiger partial charge in [-0.15, -0.1) is 11.3 Å². The van der Waals surface area contributed by atoms with Crippen LogP contribution in [0.4, 0.5) is 0 Å². The number of para-hydroxylation sites is 2. The Hall–Kier alpha value is -5.32. The second-order valence-corrected chi connectivity index (χ2v) is 13.6. The molecular weight excluding hydrogens is 567 g/mol. The number of benzene rings is 6. The fourth-order valence-corrected chi connectivity index (χ4v) is 9.24. The molecule has 0 saturated heterocycles. The molecule has 0 aliphatic heterocycles. The van der Waals surface area contributed by atoms with Gasteiger partial charge in [0.1, 0.15) is 0 Å². The highest BCUT2D eigenvalue weighted by molar-refractivity contribution is 7.23. The van der Waals surface area contributed by atoms with Crippen LogP contribution in [0.15, 0.2) is 127 Å². The number of hydrogen-bond donors (Lipinski definition) is 0. The van der Waals surface area contributed by atoms with Crippen molar-refractivity contribution in [3.05, 3.63) is 139 Å². The molecule has 0 spiro atoms. The zero-order chi connectivity index (χ0) is 29.9. The standard InChI is InChI=1S/C41H27N3S/c1-41(2)32-16-8-5-14-29(32)38-35(41)31-22-21-28-27-13-7-10-18-34(27)44(37(28)39(31)45-38)40-42-33-17-9-6-15-30(33)36(43-40)26-20-19-24-11-3-4-12-25(24)23-26/h3-23H,1-2H3. The van der Waals surface area contributed by atoms with Gasteiger partial charge in [-0.3, -0.25) is 4.57 Å². The van der Waals surface area contributed by atoms with Crippen LogP contribution >= 0.6 is 11.3 Å². The molecule has 0 fully saturated rings. The van der Waals surface area contributed by atoms with E-state index in [2.05, 4.69) is 146 Å². The Morgan fingerprint density at radius 2 is 1.36 bits per heavy atom. The van der Waals surface area contributed by atoms with Gasteiger partial charge < -0.3 is 0 Å². The van der Waals surface area contributed by atoms with E-state index in [9.17, 15) is 0 Å². The first-order valence-corrected chi connectivity index (χ1v) is 16.2. The Bertz CT molecular complexity index is 2690. The van der Waals surface area contributed by atoms with Gasteiger partial charge in [-0.05, 0) is 51.0 Å². The Morgan fingerprint density at radius 3 is 2.27 bits per heavy atom. The lowest BCUT2D eigenvalue weighted by atomic mass is 9.81. The maximum atomic E-state index is 5.41. The van der Waals surface area contributed by atoms with Gasteiger partial charge in [0.15, 0.2) is 0 Å². The lowest BCUT2D eigenvalue weighted by molar-refractivity contribution is 0.667. The number of nitrogens with zero attached hydrogens (tertiary/aromatic N) is 3. The maximum Gasteiger partial charge on any atom is 0.235 e. The molecule has 3 nitrogen and oxygen atoms in total. The van der Waals surface area contributed by atoms with Crippen LogP contribution in [-0.2, 0) is 5.41 Å². The van der Waals surface area contributed by atoms with Crippen molar-refractivity contribution < 1.29 is 0 Å². The molecule has 0 radical (unpaired) electrons. The molecule has 0 amide bonds. The maximum absolute atomic E-state index is 5.41. The summed E-state index contributed by atoms with van der Waals surface area (Å²) < 4.78 is 3.61. The van der Waals surface area contributed by atoms with E-state index >= 15 is 0 Å². The van der Waals surface area contributed by atoms with Crippen LogP contribution in [0.2, 0.25) is 0 Å². The average Bonchev–Trinajstić information content (AvgIpc) is 3.71. The zero-order valence-corrected chi connectivity index (χ0v) is 25.7. The topological polar surface area (TPSA) is 30.7 Å². The van der Waals surface area contributed by atoms with Crippen molar-refractivity contribution in [2.24, 2.45) is 0 Å². The fraction of sp³-hybridized carbons (Fsp3) is 0.0732. The summed E-state index contributed by atoms with van der Waals surface area (Å²) in [4.78, 5) is 12.1. The summed E-state index contributed by atoms with van der Waals surface area (Å²) in [7, 11) is 0. The Kier molecular flexibility index (Phi) is 4.94. The Labute approximate surface area is 264 Å². The highest BCUT2D eigenvalue weighted by Gasteiger charge is 2.39. The molecule has 10 rings (SSSR count). The third-order valence-electron chi connectivity index (χ3n) is 9.78. The second kappa shape index (κ2) is 8.87. The highest BCUT2D eigenvalue weighted by atomic mass is 32.1. The molecule has 0 unspecified atom stereocenters. The van der Waals surface area contributed by atoms with Gasteiger partial charge in [-0.1, -0.05) is 123 Å². The van der Waals surface area contributed by atoms with E-state index < -0.39 is 0 Å². The summed E-state index contributed by atoms with van der Waals surface area (Å²) in [5.74, 6) is 0.698. The summed E-state index contributed by atoms with van der Waals surface area (Å²) >= 11 is 1.91. The Morgan fingerprint density at radius 1 is 0.622 bits per heavy atom. The van der Waals surface area contributed by atoms with E-state index in [0.29, 0.717) is 5.95 Å². The first-order chi connectivity index (χ1) is 22.1. The summed E-state index contributed by atoms with van der Waals surface area (Å²) in [6.07, 6.45) is 0. The van der Waals surface area contributed by atoms with E-state index in [1.807, 2.05) is 11.3 Å². The van der Waals surface area contributed by atoms with Crippen molar-refractivity contribution in [3.8, 4) is 27.6 Å². The van der Waals surface area contributed by atoms with Gasteiger partial charge in [0.25, 0.3) is 0 Å². The van der Waals surface area contributed by atoms with Crippen molar-refractivity contribution in [1.82, 2.24) is 14.5 Å². The van der Waals surface area contributed by atoms with Crippen molar-refractivity contribution in [1.29, 1.82) is 0 Å². The molecule has 0 N–H and O–H groups in total. The highest BCUT2D eigenvalue weighted by Crippen LogP contribution is 2.56. The fourth-order valence-electron chi connectivity index (χ4n) is 7.70. The monoisotopic (exact) mass is 593 g/mol. The first kappa shape index (κ1) is 25.1. The summed E-state index contributed by atoms with van der Waals surface area (Å²) in [6.45, 7) is 4.73. The average molecular weight is 594 g/mol. The van der Waals surface area contributed by atoms with Crippen LogP contribution in [0.5, 0.6) is 0 Å². The zero-order valence-electron chi connectivity index (χ0n) is 24.9. The third kappa shape index (κ3) is 3.35. The lowest BCUT2D eigenvalue weighted by Gasteiger charge is -2.21. The van der Waals surface area contributed by atoms with Gasteiger partial charge in [0, 0.05) is 32.0 Å². The summed E-state index contributed by atoms with van der Waals surface area (Å²) in [5.41, 5.74) is 9.40. The van der Waals surface area contributed by atoms with Gasteiger partial charge in [0.05, 0.1) is 26.9 Å². The number of fused-ring (bicyclic) bond motifs is 11. The first-order valence-electron chi connectivity index (χ1n) is 15.4. The van der Waals surface area contributed by atoms with Crippen LogP contribution in [0.3, 0.4) is 0 Å². The Balaban J connectivity index is 1.33. The normalized spacial score (nSPS) is 13.7. The molecule has 0 atom stereocenters. The van der Waals surface area contributed by atoms with Crippen LogP contribution in [-0.4, -0.2) is 14.5 Å².